The van der Waals surface area contributed by atoms with E-state index in [-0.39, 0.29) is 12.0 Å². The van der Waals surface area contributed by atoms with Crippen LogP contribution < -0.4 is 0 Å². The van der Waals surface area contributed by atoms with Crippen molar-refractivity contribution >= 4 is 5.78 Å². The summed E-state index contributed by atoms with van der Waals surface area (Å²) in [5.41, 5.74) is 0. The zero-order valence-corrected chi connectivity index (χ0v) is 6.17. The van der Waals surface area contributed by atoms with E-state index in [2.05, 4.69) is 0 Å². The summed E-state index contributed by atoms with van der Waals surface area (Å²) >= 11 is 0. The van der Waals surface area contributed by atoms with Crippen LogP contribution in [0.1, 0.15) is 26.2 Å². The van der Waals surface area contributed by atoms with Gasteiger partial charge in [-0.3, -0.25) is 4.79 Å². The first-order valence-electron chi connectivity index (χ1n) is 3.93. The first kappa shape index (κ1) is 6.35. The summed E-state index contributed by atoms with van der Waals surface area (Å²) in [7, 11) is 0. The first-order chi connectivity index (χ1) is 4.77. The topological polar surface area (TPSA) is 26.3 Å². The Balaban J connectivity index is 2.08. The molecule has 0 aromatic carbocycles. The lowest BCUT2D eigenvalue weighted by Gasteiger charge is -2.14. The highest BCUT2D eigenvalue weighted by atomic mass is 16.5. The molecule has 0 saturated carbocycles. The maximum atomic E-state index is 11.0. The van der Waals surface area contributed by atoms with E-state index in [9.17, 15) is 4.79 Å². The number of fused-ring (bicyclic) bond motifs is 2. The molecule has 0 aromatic heterocycles. The molecule has 0 aliphatic carbocycles. The number of rotatable bonds is 1. The summed E-state index contributed by atoms with van der Waals surface area (Å²) in [4.78, 5) is 11.0. The van der Waals surface area contributed by atoms with Crippen molar-refractivity contribution in [3.8, 4) is 0 Å². The van der Waals surface area contributed by atoms with Crippen molar-refractivity contribution in [2.24, 2.45) is 5.92 Å². The average molecular weight is 140 g/mol. The van der Waals surface area contributed by atoms with E-state index in [1.165, 1.54) is 6.42 Å². The van der Waals surface area contributed by atoms with Crippen LogP contribution in [0.4, 0.5) is 0 Å². The zero-order valence-electron chi connectivity index (χ0n) is 6.17. The van der Waals surface area contributed by atoms with Gasteiger partial charge in [0.2, 0.25) is 0 Å². The second-order valence-corrected chi connectivity index (χ2v) is 3.33. The molecule has 2 saturated heterocycles. The molecular weight excluding hydrogens is 128 g/mol. The fourth-order valence-corrected chi connectivity index (χ4v) is 2.07. The summed E-state index contributed by atoms with van der Waals surface area (Å²) in [6.07, 6.45) is 3.96. The third-order valence-corrected chi connectivity index (χ3v) is 2.63. The summed E-state index contributed by atoms with van der Waals surface area (Å²) in [5.74, 6) is 0.547. The number of hydrogen-bond donors (Lipinski definition) is 0. The van der Waals surface area contributed by atoms with Gasteiger partial charge in [0.15, 0.2) is 0 Å². The third-order valence-electron chi connectivity index (χ3n) is 2.63. The number of ether oxygens (including phenoxy) is 1. The maximum Gasteiger partial charge on any atom is 0.135 e. The predicted molar refractivity (Wildman–Crippen MR) is 36.7 cm³/mol. The summed E-state index contributed by atoms with van der Waals surface area (Å²) in [6, 6.07) is 0. The van der Waals surface area contributed by atoms with Crippen LogP contribution in [0.15, 0.2) is 0 Å². The van der Waals surface area contributed by atoms with Crippen LogP contribution in [0.2, 0.25) is 0 Å². The molecule has 2 heteroatoms. The summed E-state index contributed by atoms with van der Waals surface area (Å²) in [5, 5.41) is 0. The van der Waals surface area contributed by atoms with Gasteiger partial charge >= 0.3 is 0 Å². The highest BCUT2D eigenvalue weighted by molar-refractivity contribution is 5.79. The Morgan fingerprint density at radius 2 is 2.30 bits per heavy atom. The van der Waals surface area contributed by atoms with E-state index in [4.69, 9.17) is 4.74 Å². The second kappa shape index (κ2) is 2.06. The predicted octanol–water partition coefficient (Wildman–Crippen LogP) is 1.14. The van der Waals surface area contributed by atoms with Crippen LogP contribution in [-0.4, -0.2) is 18.0 Å². The molecule has 2 rings (SSSR count). The molecule has 2 fully saturated rings. The van der Waals surface area contributed by atoms with Crippen molar-refractivity contribution in [1.29, 1.82) is 0 Å². The minimum absolute atomic E-state index is 0.235. The molecule has 2 aliphatic heterocycles. The lowest BCUT2D eigenvalue weighted by atomic mass is 9.87. The van der Waals surface area contributed by atoms with Gasteiger partial charge in [0.05, 0.1) is 12.2 Å². The third kappa shape index (κ3) is 0.788. The molecular formula is C8H12O2. The average Bonchev–Trinajstić information content (AvgIpc) is 2.44. The Labute approximate surface area is 60.6 Å². The number of carbonyl (C=O) groups is 1. The summed E-state index contributed by atoms with van der Waals surface area (Å²) < 4.78 is 5.53. The zero-order chi connectivity index (χ0) is 7.14. The van der Waals surface area contributed by atoms with Gasteiger partial charge in [0.1, 0.15) is 5.78 Å². The SMILES string of the molecule is CC(=O)[C@@H]1C[C@H]2CC[C@@H]1O2. The number of hydrogen-bond acceptors (Lipinski definition) is 2. The Kier molecular flexibility index (Phi) is 1.31. The Morgan fingerprint density at radius 3 is 2.60 bits per heavy atom. The number of ketones is 1. The van der Waals surface area contributed by atoms with Crippen LogP contribution in [0.5, 0.6) is 0 Å². The Hall–Kier alpha value is -0.370. The van der Waals surface area contributed by atoms with Gasteiger partial charge in [-0.15, -0.1) is 0 Å². The van der Waals surface area contributed by atoms with E-state index < -0.39 is 0 Å². The number of Topliss-reactive ketones (excluding diaryl/α,β-unsaturated/α-hetero) is 1. The lowest BCUT2D eigenvalue weighted by molar-refractivity contribution is -0.122. The molecule has 2 nitrogen and oxygen atoms in total. The summed E-state index contributed by atoms with van der Waals surface area (Å²) in [6.45, 7) is 1.68. The second-order valence-electron chi connectivity index (χ2n) is 3.33. The van der Waals surface area contributed by atoms with Gasteiger partial charge in [0, 0.05) is 5.92 Å². The van der Waals surface area contributed by atoms with Crippen molar-refractivity contribution in [1.82, 2.24) is 0 Å². The molecule has 2 aliphatic rings. The van der Waals surface area contributed by atoms with E-state index in [0.29, 0.717) is 11.9 Å². The smallest absolute Gasteiger partial charge is 0.135 e. The van der Waals surface area contributed by atoms with Crippen LogP contribution >= 0.6 is 0 Å². The van der Waals surface area contributed by atoms with Crippen molar-refractivity contribution in [2.45, 2.75) is 38.4 Å². The fraction of sp³-hybridized carbons (Fsp3) is 0.875. The van der Waals surface area contributed by atoms with E-state index in [0.717, 1.165) is 12.8 Å². The van der Waals surface area contributed by atoms with E-state index >= 15 is 0 Å². The van der Waals surface area contributed by atoms with Crippen molar-refractivity contribution in [3.05, 3.63) is 0 Å². The largest absolute Gasteiger partial charge is 0.374 e. The number of carbonyl (C=O) groups excluding carboxylic acids is 1. The van der Waals surface area contributed by atoms with Gasteiger partial charge in [-0.25, -0.2) is 0 Å². The Morgan fingerprint density at radius 1 is 1.50 bits per heavy atom. The molecule has 0 spiro atoms. The van der Waals surface area contributed by atoms with Crippen molar-refractivity contribution in [3.63, 3.8) is 0 Å². The lowest BCUT2D eigenvalue weighted by Crippen LogP contribution is -2.22. The van der Waals surface area contributed by atoms with Crippen LogP contribution in [0.25, 0.3) is 0 Å². The standard InChI is InChI=1S/C8H12O2/c1-5(9)7-4-6-2-3-8(7)10-6/h6-8H,2-4H2,1H3/t6-,7+,8+/m1/s1. The highest BCUT2D eigenvalue weighted by Gasteiger charge is 2.42. The molecule has 0 radical (unpaired) electrons. The molecule has 2 heterocycles. The minimum atomic E-state index is 0.235. The molecule has 0 aromatic rings. The van der Waals surface area contributed by atoms with Crippen LogP contribution in [0.3, 0.4) is 0 Å². The van der Waals surface area contributed by atoms with Gasteiger partial charge in [-0.1, -0.05) is 0 Å². The molecule has 2 bridgehead atoms. The van der Waals surface area contributed by atoms with Crippen LogP contribution in [0, 0.1) is 5.92 Å². The highest BCUT2D eigenvalue weighted by Crippen LogP contribution is 2.38. The Bertz CT molecular complexity index is 165. The van der Waals surface area contributed by atoms with E-state index in [1.54, 1.807) is 6.92 Å². The first-order valence-corrected chi connectivity index (χ1v) is 3.93. The van der Waals surface area contributed by atoms with E-state index in [1.807, 2.05) is 0 Å². The van der Waals surface area contributed by atoms with Gasteiger partial charge < -0.3 is 4.74 Å². The van der Waals surface area contributed by atoms with Crippen LogP contribution in [-0.2, 0) is 9.53 Å². The fourth-order valence-electron chi connectivity index (χ4n) is 2.07. The normalized spacial score (nSPS) is 44.3. The minimum Gasteiger partial charge on any atom is -0.374 e. The molecule has 0 unspecified atom stereocenters. The van der Waals surface area contributed by atoms with Gasteiger partial charge in [-0.05, 0) is 26.2 Å². The maximum absolute atomic E-state index is 11.0. The molecule has 0 N–H and O–H groups in total. The van der Waals surface area contributed by atoms with Gasteiger partial charge in [-0.2, -0.15) is 0 Å². The van der Waals surface area contributed by atoms with Crippen molar-refractivity contribution in [2.75, 3.05) is 0 Å². The molecule has 56 valence electrons. The monoisotopic (exact) mass is 140 g/mol. The quantitative estimate of drug-likeness (QED) is 0.546. The molecule has 0 amide bonds. The molecule has 3 atom stereocenters. The van der Waals surface area contributed by atoms with Gasteiger partial charge in [0.25, 0.3) is 0 Å². The molecule has 10 heavy (non-hydrogen) atoms. The van der Waals surface area contributed by atoms with Crippen molar-refractivity contribution < 1.29 is 9.53 Å².